The fraction of sp³-hybridized carbons (Fsp3) is 0.191. The van der Waals surface area contributed by atoms with Gasteiger partial charge in [-0.15, -0.1) is 0 Å². The maximum atomic E-state index is 11.0. The maximum Gasteiger partial charge on any atom is 0.137 e. The molecule has 0 aliphatic carbocycles. The number of furan rings is 1. The van der Waals surface area contributed by atoms with Crippen LogP contribution in [0.1, 0.15) is 58.4 Å². The summed E-state index contributed by atoms with van der Waals surface area (Å²) in [6, 6.07) is 45.2. The Kier molecular flexibility index (Phi) is 9.06. The van der Waals surface area contributed by atoms with Crippen LogP contribution in [0.3, 0.4) is 0 Å². The van der Waals surface area contributed by atoms with Gasteiger partial charge in [-0.25, -0.2) is 9.97 Å². The summed E-state index contributed by atoms with van der Waals surface area (Å²) >= 11 is 0. The van der Waals surface area contributed by atoms with E-state index in [4.69, 9.17) is 14.4 Å². The van der Waals surface area contributed by atoms with Gasteiger partial charge in [0.25, 0.3) is 0 Å². The average Bonchev–Trinajstić information content (AvgIpc) is 3.57. The molecular weight excluding hydrogens is 639 g/mol. The van der Waals surface area contributed by atoms with Crippen LogP contribution in [-0.2, 0) is 10.8 Å². The van der Waals surface area contributed by atoms with Crippen LogP contribution in [0.2, 0.25) is 0 Å². The van der Waals surface area contributed by atoms with E-state index < -0.39 is 0 Å². The minimum absolute atomic E-state index is 0.0414. The van der Waals surface area contributed by atoms with E-state index in [-0.39, 0.29) is 16.6 Å². The summed E-state index contributed by atoms with van der Waals surface area (Å²) in [5, 5.41) is 11.0. The van der Waals surface area contributed by atoms with E-state index in [1.54, 1.807) is 6.07 Å². The van der Waals surface area contributed by atoms with Gasteiger partial charge in [0.15, 0.2) is 0 Å². The van der Waals surface area contributed by atoms with E-state index in [9.17, 15) is 5.11 Å². The number of aromatic nitrogens is 2. The molecule has 0 bridgehead atoms. The Hall–Kier alpha value is -5.94. The van der Waals surface area contributed by atoms with E-state index in [2.05, 4.69) is 113 Å². The molecule has 0 atom stereocenters. The number of aryl methyl sites for hydroxylation is 1. The Labute approximate surface area is 307 Å². The molecule has 0 aliphatic heterocycles. The number of pyridine rings is 2. The van der Waals surface area contributed by atoms with E-state index in [0.717, 1.165) is 56.7 Å². The topological polar surface area (TPSA) is 62.4 Å². The molecule has 3 aromatic heterocycles. The van der Waals surface area contributed by atoms with Gasteiger partial charge in [-0.2, -0.15) is 0 Å². The zero-order chi connectivity index (χ0) is 36.6. The van der Waals surface area contributed by atoms with E-state index in [1.807, 2.05) is 73.8 Å². The number of nitrogens with zero attached hydrogens (tertiary/aromatic N) is 3. The number of rotatable bonds is 7. The van der Waals surface area contributed by atoms with Crippen molar-refractivity contribution in [2.75, 3.05) is 4.90 Å². The molecule has 0 aliphatic rings. The minimum atomic E-state index is -0.0414. The first-order chi connectivity index (χ1) is 24.8. The summed E-state index contributed by atoms with van der Waals surface area (Å²) in [5.41, 5.74) is 10.6. The maximum absolute atomic E-state index is 11.0. The molecule has 0 unspecified atom stereocenters. The molecular formula is C47H45N3O2. The molecule has 4 aromatic carbocycles. The van der Waals surface area contributed by atoms with Gasteiger partial charge in [-0.05, 0) is 113 Å². The second-order valence-electron chi connectivity index (χ2n) is 15.4. The van der Waals surface area contributed by atoms with Crippen LogP contribution in [0.4, 0.5) is 17.2 Å². The largest absolute Gasteiger partial charge is 0.507 e. The Morgan fingerprint density at radius 1 is 0.577 bits per heavy atom. The smallest absolute Gasteiger partial charge is 0.137 e. The second-order valence-corrected chi connectivity index (χ2v) is 15.4. The monoisotopic (exact) mass is 683 g/mol. The molecule has 260 valence electrons. The van der Waals surface area contributed by atoms with Crippen molar-refractivity contribution in [1.82, 2.24) is 9.97 Å². The zero-order valence-corrected chi connectivity index (χ0v) is 31.0. The second kappa shape index (κ2) is 13.6. The summed E-state index contributed by atoms with van der Waals surface area (Å²) in [4.78, 5) is 12.2. The van der Waals surface area contributed by atoms with Gasteiger partial charge < -0.3 is 9.52 Å². The standard InChI is InChI=1S/C47H45N3O2/c1-31-22-23-44(52-31)39-18-8-10-19-42(39)50(45-21-12-13-24-48-45)37-16-14-15-32(27-37)40-28-34(29-41(49-40)38-17-9-11-20-43(38)51)33-25-35(46(2,3)4)30-36(26-33)47(5,6)7/h8-30,51H,1-7H3. The van der Waals surface area contributed by atoms with Crippen LogP contribution in [0, 0.1) is 6.92 Å². The van der Waals surface area contributed by atoms with Gasteiger partial charge >= 0.3 is 0 Å². The van der Waals surface area contributed by atoms with Crippen molar-refractivity contribution in [3.8, 4) is 50.7 Å². The van der Waals surface area contributed by atoms with Crippen molar-refractivity contribution in [3.63, 3.8) is 0 Å². The number of aromatic hydroxyl groups is 1. The SMILES string of the molecule is Cc1ccc(-c2ccccc2N(c2cccc(-c3cc(-c4cc(C(C)(C)C)cc(C(C)(C)C)c4)cc(-c4ccccc4O)n3)c2)c2ccccn2)o1. The first-order valence-electron chi connectivity index (χ1n) is 17.8. The van der Waals surface area contributed by atoms with Crippen molar-refractivity contribution >= 4 is 17.2 Å². The first-order valence-corrected chi connectivity index (χ1v) is 17.8. The van der Waals surface area contributed by atoms with Crippen LogP contribution >= 0.6 is 0 Å². The molecule has 0 saturated carbocycles. The summed E-state index contributed by atoms with van der Waals surface area (Å²) < 4.78 is 6.13. The van der Waals surface area contributed by atoms with Crippen molar-refractivity contribution in [1.29, 1.82) is 0 Å². The molecule has 0 spiro atoms. The molecule has 7 aromatic rings. The van der Waals surface area contributed by atoms with Gasteiger partial charge in [-0.1, -0.05) is 102 Å². The number of phenols is 1. The summed E-state index contributed by atoms with van der Waals surface area (Å²) in [5.74, 6) is 2.61. The fourth-order valence-corrected chi connectivity index (χ4v) is 6.47. The van der Waals surface area contributed by atoms with Crippen LogP contribution in [0.25, 0.3) is 45.0 Å². The molecule has 3 heterocycles. The number of para-hydroxylation sites is 2. The summed E-state index contributed by atoms with van der Waals surface area (Å²) in [6.07, 6.45) is 1.81. The normalized spacial score (nSPS) is 11.8. The van der Waals surface area contributed by atoms with E-state index >= 15 is 0 Å². The summed E-state index contributed by atoms with van der Waals surface area (Å²) in [7, 11) is 0. The molecule has 0 radical (unpaired) electrons. The third-order valence-corrected chi connectivity index (χ3v) is 9.43. The van der Waals surface area contributed by atoms with Crippen molar-refractivity contribution < 1.29 is 9.52 Å². The highest BCUT2D eigenvalue weighted by molar-refractivity contribution is 5.87. The van der Waals surface area contributed by atoms with Gasteiger partial charge in [0.1, 0.15) is 23.1 Å². The number of phenolic OH excluding ortho intramolecular Hbond substituents is 1. The van der Waals surface area contributed by atoms with Crippen molar-refractivity contribution in [2.24, 2.45) is 0 Å². The van der Waals surface area contributed by atoms with Crippen molar-refractivity contribution in [3.05, 3.63) is 157 Å². The highest BCUT2D eigenvalue weighted by atomic mass is 16.3. The lowest BCUT2D eigenvalue weighted by Gasteiger charge is -2.27. The first kappa shape index (κ1) is 34.5. The summed E-state index contributed by atoms with van der Waals surface area (Å²) in [6.45, 7) is 15.5. The van der Waals surface area contributed by atoms with Crippen LogP contribution in [0.15, 0.2) is 144 Å². The third kappa shape index (κ3) is 7.13. The fourth-order valence-electron chi connectivity index (χ4n) is 6.47. The Morgan fingerprint density at radius 3 is 1.88 bits per heavy atom. The molecule has 7 rings (SSSR count). The number of hydrogen-bond donors (Lipinski definition) is 1. The van der Waals surface area contributed by atoms with Crippen molar-refractivity contribution in [2.45, 2.75) is 59.3 Å². The highest BCUT2D eigenvalue weighted by Gasteiger charge is 2.23. The molecule has 52 heavy (non-hydrogen) atoms. The van der Waals surface area contributed by atoms with Crippen LogP contribution < -0.4 is 4.90 Å². The Balaban J connectivity index is 1.44. The number of hydrogen-bond acceptors (Lipinski definition) is 5. The van der Waals surface area contributed by atoms with Gasteiger partial charge in [0.05, 0.1) is 17.1 Å². The average molecular weight is 684 g/mol. The van der Waals surface area contributed by atoms with Crippen LogP contribution in [0.5, 0.6) is 5.75 Å². The lowest BCUT2D eigenvalue weighted by atomic mass is 9.79. The molecule has 5 heteroatoms. The predicted molar refractivity (Wildman–Crippen MR) is 215 cm³/mol. The van der Waals surface area contributed by atoms with E-state index in [1.165, 1.54) is 11.1 Å². The lowest BCUT2D eigenvalue weighted by Crippen LogP contribution is -2.16. The van der Waals surface area contributed by atoms with Gasteiger partial charge in [0.2, 0.25) is 0 Å². The number of anilines is 3. The zero-order valence-electron chi connectivity index (χ0n) is 31.0. The molecule has 5 nitrogen and oxygen atoms in total. The molecule has 0 amide bonds. The third-order valence-electron chi connectivity index (χ3n) is 9.43. The molecule has 0 saturated heterocycles. The Morgan fingerprint density at radius 2 is 1.23 bits per heavy atom. The number of benzene rings is 4. The minimum Gasteiger partial charge on any atom is -0.507 e. The van der Waals surface area contributed by atoms with Gasteiger partial charge in [-0.3, -0.25) is 4.90 Å². The molecule has 0 fully saturated rings. The highest BCUT2D eigenvalue weighted by Crippen LogP contribution is 2.42. The molecule has 1 N–H and O–H groups in total. The van der Waals surface area contributed by atoms with E-state index in [0.29, 0.717) is 11.3 Å². The van der Waals surface area contributed by atoms with Gasteiger partial charge in [0, 0.05) is 28.6 Å². The predicted octanol–water partition coefficient (Wildman–Crippen LogP) is 12.8. The quantitative estimate of drug-likeness (QED) is 0.181. The Bertz CT molecular complexity index is 2330. The van der Waals surface area contributed by atoms with Crippen LogP contribution in [-0.4, -0.2) is 15.1 Å². The lowest BCUT2D eigenvalue weighted by molar-refractivity contribution is 0.477.